The van der Waals surface area contributed by atoms with Crippen LogP contribution in [0.15, 0.2) is 66.7 Å². The van der Waals surface area contributed by atoms with Crippen LogP contribution in [0.5, 0.6) is 17.2 Å². The Balaban J connectivity index is 1.86. The molecule has 1 aliphatic rings. The summed E-state index contributed by atoms with van der Waals surface area (Å²) in [4.78, 5) is 15.2. The highest BCUT2D eigenvalue weighted by atomic mass is 16.5. The van der Waals surface area contributed by atoms with E-state index >= 15 is 0 Å². The summed E-state index contributed by atoms with van der Waals surface area (Å²) in [5, 5.41) is 3.49. The number of hydrogen-bond donors (Lipinski definition) is 1. The largest absolute Gasteiger partial charge is 0.497 e. The van der Waals surface area contributed by atoms with Crippen LogP contribution in [0.2, 0.25) is 0 Å². The van der Waals surface area contributed by atoms with Gasteiger partial charge in [-0.25, -0.2) is 0 Å². The van der Waals surface area contributed by atoms with E-state index in [1.807, 2.05) is 60.7 Å². The lowest BCUT2D eigenvalue weighted by molar-refractivity contribution is 0.0974. The summed E-state index contributed by atoms with van der Waals surface area (Å²) in [6.45, 7) is 0. The van der Waals surface area contributed by atoms with E-state index in [0.29, 0.717) is 17.1 Å². The second-order valence-electron chi connectivity index (χ2n) is 6.61. The smallest absolute Gasteiger partial charge is 0.262 e. The van der Waals surface area contributed by atoms with E-state index in [9.17, 15) is 4.79 Å². The predicted octanol–water partition coefficient (Wildman–Crippen LogP) is 4.48. The maximum absolute atomic E-state index is 13.5. The minimum atomic E-state index is -0.435. The molecule has 0 aliphatic carbocycles. The van der Waals surface area contributed by atoms with Crippen molar-refractivity contribution in [3.05, 3.63) is 77.9 Å². The molecular formula is C23H22N2O4. The van der Waals surface area contributed by atoms with E-state index in [2.05, 4.69) is 5.32 Å². The quantitative estimate of drug-likeness (QED) is 0.696. The van der Waals surface area contributed by atoms with Gasteiger partial charge in [0.25, 0.3) is 5.91 Å². The minimum Gasteiger partial charge on any atom is -0.497 e. The number of rotatable bonds is 5. The van der Waals surface area contributed by atoms with Crippen molar-refractivity contribution < 1.29 is 19.0 Å². The monoisotopic (exact) mass is 390 g/mol. The Hall–Kier alpha value is -3.67. The first-order valence-electron chi connectivity index (χ1n) is 9.20. The molecule has 0 unspecified atom stereocenters. The molecule has 148 valence electrons. The maximum atomic E-state index is 13.5. The number of anilines is 2. The number of para-hydroxylation sites is 1. The van der Waals surface area contributed by atoms with Gasteiger partial charge < -0.3 is 19.5 Å². The van der Waals surface area contributed by atoms with Crippen molar-refractivity contribution in [3.63, 3.8) is 0 Å². The molecule has 1 N–H and O–H groups in total. The van der Waals surface area contributed by atoms with E-state index in [1.54, 1.807) is 32.3 Å². The van der Waals surface area contributed by atoms with Crippen LogP contribution >= 0.6 is 0 Å². The molecule has 0 saturated carbocycles. The van der Waals surface area contributed by atoms with Gasteiger partial charge in [-0.2, -0.15) is 0 Å². The van der Waals surface area contributed by atoms with Crippen LogP contribution in [-0.4, -0.2) is 27.2 Å². The summed E-state index contributed by atoms with van der Waals surface area (Å²) in [5.41, 5.74) is 3.01. The zero-order valence-corrected chi connectivity index (χ0v) is 16.5. The summed E-state index contributed by atoms with van der Waals surface area (Å²) < 4.78 is 16.1. The summed E-state index contributed by atoms with van der Waals surface area (Å²) in [7, 11) is 4.83. The number of nitrogens with zero attached hydrogens (tertiary/aromatic N) is 1. The van der Waals surface area contributed by atoms with Gasteiger partial charge in [0.1, 0.15) is 23.4 Å². The van der Waals surface area contributed by atoms with E-state index in [0.717, 1.165) is 22.7 Å². The second-order valence-corrected chi connectivity index (χ2v) is 6.61. The van der Waals surface area contributed by atoms with Gasteiger partial charge in [0.15, 0.2) is 0 Å². The van der Waals surface area contributed by atoms with Crippen molar-refractivity contribution in [1.29, 1.82) is 0 Å². The summed E-state index contributed by atoms with van der Waals surface area (Å²) >= 11 is 0. The molecule has 0 radical (unpaired) electrons. The first-order valence-corrected chi connectivity index (χ1v) is 9.20. The number of nitrogens with one attached hydrogen (secondary N) is 1. The summed E-state index contributed by atoms with van der Waals surface area (Å²) in [5.74, 6) is 1.95. The van der Waals surface area contributed by atoms with Gasteiger partial charge in [0, 0.05) is 23.0 Å². The molecule has 6 nitrogen and oxygen atoms in total. The number of amides is 1. The van der Waals surface area contributed by atoms with Crippen molar-refractivity contribution in [3.8, 4) is 17.2 Å². The first kappa shape index (κ1) is 18.7. The molecule has 1 aliphatic heterocycles. The molecule has 4 rings (SSSR count). The molecule has 1 amide bonds. The van der Waals surface area contributed by atoms with Gasteiger partial charge in [-0.3, -0.25) is 9.69 Å². The summed E-state index contributed by atoms with van der Waals surface area (Å²) in [6, 6.07) is 20.5. The predicted molar refractivity (Wildman–Crippen MR) is 112 cm³/mol. The Labute approximate surface area is 169 Å². The Morgan fingerprint density at radius 2 is 1.41 bits per heavy atom. The van der Waals surface area contributed by atoms with E-state index < -0.39 is 6.17 Å². The fourth-order valence-corrected chi connectivity index (χ4v) is 3.48. The van der Waals surface area contributed by atoms with Crippen LogP contribution in [0.25, 0.3) is 0 Å². The molecule has 0 saturated heterocycles. The van der Waals surface area contributed by atoms with Crippen LogP contribution < -0.4 is 24.4 Å². The molecule has 0 bridgehead atoms. The third-order valence-electron chi connectivity index (χ3n) is 4.97. The lowest BCUT2D eigenvalue weighted by Gasteiger charge is -2.38. The number of ether oxygens (including phenoxy) is 3. The zero-order chi connectivity index (χ0) is 20.4. The lowest BCUT2D eigenvalue weighted by Crippen LogP contribution is -2.43. The number of methoxy groups -OCH3 is 3. The highest BCUT2D eigenvalue weighted by molar-refractivity contribution is 6.12. The molecule has 3 aromatic rings. The van der Waals surface area contributed by atoms with Crippen molar-refractivity contribution in [2.24, 2.45) is 0 Å². The van der Waals surface area contributed by atoms with E-state index in [1.165, 1.54) is 0 Å². The lowest BCUT2D eigenvalue weighted by atomic mass is 10.0. The van der Waals surface area contributed by atoms with Crippen molar-refractivity contribution in [1.82, 2.24) is 0 Å². The minimum absolute atomic E-state index is 0.0868. The highest BCUT2D eigenvalue weighted by Gasteiger charge is 2.34. The van der Waals surface area contributed by atoms with E-state index in [-0.39, 0.29) is 5.91 Å². The average Bonchev–Trinajstić information content (AvgIpc) is 2.78. The van der Waals surface area contributed by atoms with Crippen LogP contribution in [0, 0.1) is 0 Å². The normalized spacial score (nSPS) is 15.3. The van der Waals surface area contributed by atoms with Crippen molar-refractivity contribution in [2.45, 2.75) is 6.17 Å². The van der Waals surface area contributed by atoms with Gasteiger partial charge in [-0.05, 0) is 48.5 Å². The molecule has 6 heteroatoms. The molecular weight excluding hydrogens is 368 g/mol. The molecule has 0 fully saturated rings. The molecule has 1 atom stereocenters. The van der Waals surface area contributed by atoms with Gasteiger partial charge >= 0.3 is 0 Å². The fraction of sp³-hybridized carbons (Fsp3) is 0.174. The third kappa shape index (κ3) is 3.45. The highest BCUT2D eigenvalue weighted by Crippen LogP contribution is 2.39. The molecule has 1 heterocycles. The number of carbonyl (C=O) groups excluding carboxylic acids is 1. The van der Waals surface area contributed by atoms with Crippen LogP contribution in [0.1, 0.15) is 22.1 Å². The van der Waals surface area contributed by atoms with Gasteiger partial charge in [-0.15, -0.1) is 0 Å². The van der Waals surface area contributed by atoms with Gasteiger partial charge in [-0.1, -0.05) is 12.1 Å². The number of benzene rings is 3. The SMILES string of the molecule is COc1ccc(N2C(=O)c3ccccc3N[C@H]2c2cc(OC)cc(OC)c2)cc1. The van der Waals surface area contributed by atoms with Gasteiger partial charge in [0.2, 0.25) is 0 Å². The van der Waals surface area contributed by atoms with E-state index in [4.69, 9.17) is 14.2 Å². The van der Waals surface area contributed by atoms with Crippen molar-refractivity contribution >= 4 is 17.3 Å². The summed E-state index contributed by atoms with van der Waals surface area (Å²) in [6.07, 6.45) is -0.435. The molecule has 29 heavy (non-hydrogen) atoms. The molecule has 0 aromatic heterocycles. The van der Waals surface area contributed by atoms with Crippen molar-refractivity contribution in [2.75, 3.05) is 31.5 Å². The zero-order valence-electron chi connectivity index (χ0n) is 16.5. The average molecular weight is 390 g/mol. The van der Waals surface area contributed by atoms with Gasteiger partial charge in [0.05, 0.1) is 26.9 Å². The molecule has 0 spiro atoms. The third-order valence-corrected chi connectivity index (χ3v) is 4.97. The number of hydrogen-bond acceptors (Lipinski definition) is 5. The first-order chi connectivity index (χ1) is 14.1. The Morgan fingerprint density at radius 1 is 0.793 bits per heavy atom. The Morgan fingerprint density at radius 3 is 2.03 bits per heavy atom. The fourth-order valence-electron chi connectivity index (χ4n) is 3.48. The number of carbonyl (C=O) groups is 1. The Bertz CT molecular complexity index is 1010. The topological polar surface area (TPSA) is 60.0 Å². The van der Waals surface area contributed by atoms with Crippen LogP contribution in [0.4, 0.5) is 11.4 Å². The Kier molecular flexibility index (Phi) is 4.99. The maximum Gasteiger partial charge on any atom is 0.262 e. The standard InChI is InChI=1S/C23H22N2O4/c1-27-17-10-8-16(9-11-17)25-22(15-12-18(28-2)14-19(13-15)29-3)24-21-7-5-4-6-20(21)23(25)26/h4-14,22,24H,1-3H3/t22-/m1/s1. The van der Waals surface area contributed by atoms with Crippen LogP contribution in [0.3, 0.4) is 0 Å². The second kappa shape index (κ2) is 7.75. The van der Waals surface area contributed by atoms with Crippen LogP contribution in [-0.2, 0) is 0 Å². The number of fused-ring (bicyclic) bond motifs is 1. The molecule has 3 aromatic carbocycles.